The zero-order chi connectivity index (χ0) is 19.5. The number of carbonyl (C=O) groups is 1. The van der Waals surface area contributed by atoms with Crippen LogP contribution in [-0.4, -0.2) is 31.2 Å². The highest BCUT2D eigenvalue weighted by Crippen LogP contribution is 2.33. The van der Waals surface area contributed by atoms with Crippen LogP contribution in [0.2, 0.25) is 0 Å². The molecule has 0 radical (unpaired) electrons. The number of hydrogen-bond donors (Lipinski definition) is 1. The van der Waals surface area contributed by atoms with Gasteiger partial charge in [-0.3, -0.25) is 9.20 Å². The van der Waals surface area contributed by atoms with Gasteiger partial charge in [0.05, 0.1) is 11.9 Å². The minimum atomic E-state index is -4.62. The van der Waals surface area contributed by atoms with Crippen molar-refractivity contribution in [2.24, 2.45) is 0 Å². The summed E-state index contributed by atoms with van der Waals surface area (Å²) in [5.74, 6) is -0.337. The average molecular weight is 375 g/mol. The summed E-state index contributed by atoms with van der Waals surface area (Å²) in [4.78, 5) is 21.6. The third-order valence-corrected chi connectivity index (χ3v) is 4.66. The number of hydrogen-bond acceptors (Lipinski definition) is 4. The molecule has 3 aromatic rings. The Morgan fingerprint density at radius 1 is 1.26 bits per heavy atom. The van der Waals surface area contributed by atoms with E-state index in [1.54, 1.807) is 17.0 Å². The molecule has 1 amide bonds. The SMILES string of the molecule is CC(C)N1Cc2cc(-c3cnc4c(N)nc(C(F)(F)F)cn34)ccc2C1=O. The molecule has 1 aliphatic rings. The van der Waals surface area contributed by atoms with Gasteiger partial charge in [0.1, 0.15) is 0 Å². The summed E-state index contributed by atoms with van der Waals surface area (Å²) >= 11 is 0. The number of anilines is 1. The second-order valence-corrected chi connectivity index (χ2v) is 6.74. The lowest BCUT2D eigenvalue weighted by Gasteiger charge is -2.19. The van der Waals surface area contributed by atoms with Crippen molar-refractivity contribution in [3.8, 4) is 11.3 Å². The number of rotatable bonds is 2. The van der Waals surface area contributed by atoms with Gasteiger partial charge in [-0.2, -0.15) is 13.2 Å². The maximum Gasteiger partial charge on any atom is 0.434 e. The minimum absolute atomic E-state index is 0.0440. The molecule has 140 valence electrons. The van der Waals surface area contributed by atoms with Crippen LogP contribution in [0.5, 0.6) is 0 Å². The van der Waals surface area contributed by atoms with Crippen molar-refractivity contribution in [2.75, 3.05) is 5.73 Å². The van der Waals surface area contributed by atoms with Crippen molar-refractivity contribution in [3.05, 3.63) is 47.4 Å². The van der Waals surface area contributed by atoms with Gasteiger partial charge in [-0.15, -0.1) is 0 Å². The molecule has 0 saturated carbocycles. The molecule has 0 spiro atoms. The second kappa shape index (κ2) is 5.70. The molecule has 0 bridgehead atoms. The third-order valence-electron chi connectivity index (χ3n) is 4.66. The summed E-state index contributed by atoms with van der Waals surface area (Å²) < 4.78 is 40.5. The van der Waals surface area contributed by atoms with Gasteiger partial charge < -0.3 is 10.6 Å². The van der Waals surface area contributed by atoms with E-state index in [2.05, 4.69) is 9.97 Å². The Labute approximate surface area is 152 Å². The Balaban J connectivity index is 1.84. The number of imidazole rings is 1. The van der Waals surface area contributed by atoms with Crippen LogP contribution in [0.1, 0.15) is 35.5 Å². The Kier molecular flexibility index (Phi) is 3.66. The minimum Gasteiger partial charge on any atom is -0.381 e. The molecule has 0 saturated heterocycles. The molecular formula is C18H16F3N5O. The fourth-order valence-corrected chi connectivity index (χ4v) is 3.28. The zero-order valence-corrected chi connectivity index (χ0v) is 14.6. The number of nitrogens with two attached hydrogens (primary N) is 1. The lowest BCUT2D eigenvalue weighted by atomic mass is 10.0. The number of carbonyl (C=O) groups excluding carboxylic acids is 1. The predicted molar refractivity (Wildman–Crippen MR) is 92.8 cm³/mol. The highest BCUT2D eigenvalue weighted by Gasteiger charge is 2.34. The number of alkyl halides is 3. The molecule has 0 atom stereocenters. The molecule has 4 rings (SSSR count). The second-order valence-electron chi connectivity index (χ2n) is 6.74. The van der Waals surface area contributed by atoms with Crippen molar-refractivity contribution in [2.45, 2.75) is 32.6 Å². The fourth-order valence-electron chi connectivity index (χ4n) is 3.28. The van der Waals surface area contributed by atoms with Crippen LogP contribution in [0.15, 0.2) is 30.6 Å². The van der Waals surface area contributed by atoms with Crippen molar-refractivity contribution in [1.29, 1.82) is 0 Å². The molecular weight excluding hydrogens is 359 g/mol. The van der Waals surface area contributed by atoms with Crippen LogP contribution < -0.4 is 5.73 Å². The van der Waals surface area contributed by atoms with Gasteiger partial charge in [0, 0.05) is 29.9 Å². The number of halogens is 3. The molecule has 9 heteroatoms. The zero-order valence-electron chi connectivity index (χ0n) is 14.6. The monoisotopic (exact) mass is 375 g/mol. The number of amides is 1. The van der Waals surface area contributed by atoms with E-state index in [-0.39, 0.29) is 23.4 Å². The molecule has 0 unspecified atom stereocenters. The first-order chi connectivity index (χ1) is 12.7. The number of aromatic nitrogens is 3. The molecule has 1 aliphatic heterocycles. The van der Waals surface area contributed by atoms with E-state index in [1.165, 1.54) is 10.6 Å². The molecule has 0 fully saturated rings. The molecule has 2 aromatic heterocycles. The van der Waals surface area contributed by atoms with E-state index in [1.807, 2.05) is 19.9 Å². The normalized spacial score (nSPS) is 14.4. The van der Waals surface area contributed by atoms with E-state index in [4.69, 9.17) is 5.73 Å². The summed E-state index contributed by atoms with van der Waals surface area (Å²) in [6, 6.07) is 5.27. The van der Waals surface area contributed by atoms with Crippen molar-refractivity contribution >= 4 is 17.4 Å². The van der Waals surface area contributed by atoms with Crippen LogP contribution >= 0.6 is 0 Å². The standard InChI is InChI=1S/C18H16F3N5O/c1-9(2)25-7-11-5-10(3-4-12(11)17(25)27)13-6-23-16-15(22)24-14(8-26(13)16)18(19,20)21/h3-6,8-9H,7H2,1-2H3,(H2,22,24). The molecule has 3 heterocycles. The molecule has 6 nitrogen and oxygen atoms in total. The molecule has 2 N–H and O–H groups in total. The van der Waals surface area contributed by atoms with E-state index in [0.29, 0.717) is 23.4 Å². The van der Waals surface area contributed by atoms with Crippen LogP contribution in [0, 0.1) is 0 Å². The maximum atomic E-state index is 13.1. The van der Waals surface area contributed by atoms with E-state index in [9.17, 15) is 18.0 Å². The first-order valence-electron chi connectivity index (χ1n) is 8.32. The quantitative estimate of drug-likeness (QED) is 0.745. The summed E-state index contributed by atoms with van der Waals surface area (Å²) in [5, 5.41) is 0. The Morgan fingerprint density at radius 3 is 2.67 bits per heavy atom. The topological polar surface area (TPSA) is 76.5 Å². The average Bonchev–Trinajstić information content (AvgIpc) is 3.15. The summed E-state index contributed by atoms with van der Waals surface area (Å²) in [6.07, 6.45) is -2.29. The van der Waals surface area contributed by atoms with Crippen LogP contribution in [0.25, 0.3) is 16.9 Å². The Hall–Kier alpha value is -3.10. The van der Waals surface area contributed by atoms with Crippen LogP contribution in [0.4, 0.5) is 19.0 Å². The highest BCUT2D eigenvalue weighted by molar-refractivity contribution is 5.99. The summed E-state index contributed by atoms with van der Waals surface area (Å²) in [7, 11) is 0. The van der Waals surface area contributed by atoms with Gasteiger partial charge in [0.25, 0.3) is 5.91 Å². The maximum absolute atomic E-state index is 13.1. The van der Waals surface area contributed by atoms with Gasteiger partial charge in [-0.1, -0.05) is 6.07 Å². The Morgan fingerprint density at radius 2 is 2.00 bits per heavy atom. The summed E-state index contributed by atoms with van der Waals surface area (Å²) in [6.45, 7) is 4.33. The number of nitrogens with zero attached hydrogens (tertiary/aromatic N) is 4. The molecule has 1 aromatic carbocycles. The predicted octanol–water partition coefficient (Wildman–Crippen LogP) is 3.36. The van der Waals surface area contributed by atoms with E-state index in [0.717, 1.165) is 11.8 Å². The summed E-state index contributed by atoms with van der Waals surface area (Å²) in [5.41, 5.74) is 7.26. The van der Waals surface area contributed by atoms with Crippen LogP contribution in [0.3, 0.4) is 0 Å². The smallest absolute Gasteiger partial charge is 0.381 e. The highest BCUT2D eigenvalue weighted by atomic mass is 19.4. The van der Waals surface area contributed by atoms with E-state index >= 15 is 0 Å². The third kappa shape index (κ3) is 2.70. The fraction of sp³-hybridized carbons (Fsp3) is 0.278. The molecule has 0 aliphatic carbocycles. The van der Waals surface area contributed by atoms with Crippen molar-refractivity contribution < 1.29 is 18.0 Å². The number of benzene rings is 1. The lowest BCUT2D eigenvalue weighted by molar-refractivity contribution is -0.141. The largest absolute Gasteiger partial charge is 0.434 e. The van der Waals surface area contributed by atoms with Gasteiger partial charge in [0.15, 0.2) is 17.2 Å². The Bertz CT molecular complexity index is 1070. The van der Waals surface area contributed by atoms with Gasteiger partial charge >= 0.3 is 6.18 Å². The first kappa shape index (κ1) is 17.3. The first-order valence-corrected chi connectivity index (χ1v) is 8.32. The van der Waals surface area contributed by atoms with Gasteiger partial charge in [0.2, 0.25) is 0 Å². The van der Waals surface area contributed by atoms with Crippen molar-refractivity contribution in [1.82, 2.24) is 19.3 Å². The number of fused-ring (bicyclic) bond motifs is 2. The number of nitrogen functional groups attached to an aromatic ring is 1. The van der Waals surface area contributed by atoms with Gasteiger partial charge in [-0.25, -0.2) is 9.97 Å². The van der Waals surface area contributed by atoms with Crippen molar-refractivity contribution in [3.63, 3.8) is 0 Å². The van der Waals surface area contributed by atoms with Gasteiger partial charge in [-0.05, 0) is 31.5 Å². The molecule has 27 heavy (non-hydrogen) atoms. The lowest BCUT2D eigenvalue weighted by Crippen LogP contribution is -2.30. The van der Waals surface area contributed by atoms with Crippen LogP contribution in [-0.2, 0) is 12.7 Å². The van der Waals surface area contributed by atoms with E-state index < -0.39 is 11.9 Å².